The highest BCUT2D eigenvalue weighted by molar-refractivity contribution is 6.34. The van der Waals surface area contributed by atoms with Gasteiger partial charge in [0.2, 0.25) is 0 Å². The van der Waals surface area contributed by atoms with Crippen molar-refractivity contribution in [2.24, 2.45) is 0 Å². The van der Waals surface area contributed by atoms with Crippen LogP contribution < -0.4 is 4.74 Å². The summed E-state index contributed by atoms with van der Waals surface area (Å²) in [5.74, 6) is -2.63. The minimum atomic E-state index is -1.00. The third-order valence-corrected chi connectivity index (χ3v) is 2.81. The van der Waals surface area contributed by atoms with Crippen LogP contribution in [0.1, 0.15) is 10.4 Å². The molecule has 0 unspecified atom stereocenters. The Bertz CT molecular complexity index is 622. The smallest absolute Gasteiger partial charge is 0.198 e. The summed E-state index contributed by atoms with van der Waals surface area (Å²) in [5.41, 5.74) is -0.125. The van der Waals surface area contributed by atoms with E-state index in [1.54, 1.807) is 0 Å². The molecule has 0 saturated heterocycles. The number of benzene rings is 2. The van der Waals surface area contributed by atoms with Crippen molar-refractivity contribution in [2.45, 2.75) is 0 Å². The molecule has 98 valence electrons. The first-order chi connectivity index (χ1) is 9.01. The molecule has 0 aromatic heterocycles. The molecule has 0 aliphatic heterocycles. The number of ether oxygens (including phenoxy) is 1. The standard InChI is InChI=1S/C13H6Cl2F2O2/c14-8-1-2-9(15)12(5-8)19-13-10(16)3-7(6-18)4-11(13)17/h1-6H. The Labute approximate surface area is 117 Å². The van der Waals surface area contributed by atoms with Gasteiger partial charge in [0.25, 0.3) is 0 Å². The molecule has 0 N–H and O–H groups in total. The van der Waals surface area contributed by atoms with Gasteiger partial charge >= 0.3 is 0 Å². The summed E-state index contributed by atoms with van der Waals surface area (Å²) < 4.78 is 32.3. The summed E-state index contributed by atoms with van der Waals surface area (Å²) in [6.45, 7) is 0. The Hall–Kier alpha value is -1.65. The van der Waals surface area contributed by atoms with Crippen LogP contribution in [0.2, 0.25) is 10.0 Å². The predicted octanol–water partition coefficient (Wildman–Crippen LogP) is 4.88. The maximum atomic E-state index is 13.6. The molecule has 0 aliphatic rings. The third-order valence-electron chi connectivity index (χ3n) is 2.26. The topological polar surface area (TPSA) is 26.3 Å². The van der Waals surface area contributed by atoms with Gasteiger partial charge in [-0.15, -0.1) is 0 Å². The zero-order valence-electron chi connectivity index (χ0n) is 9.29. The number of carbonyl (C=O) groups is 1. The van der Waals surface area contributed by atoms with E-state index in [0.717, 1.165) is 12.1 Å². The lowest BCUT2D eigenvalue weighted by molar-refractivity contribution is 0.112. The van der Waals surface area contributed by atoms with E-state index < -0.39 is 17.4 Å². The van der Waals surface area contributed by atoms with Gasteiger partial charge in [-0.25, -0.2) is 8.78 Å². The van der Waals surface area contributed by atoms with Crippen molar-refractivity contribution in [2.75, 3.05) is 0 Å². The van der Waals surface area contributed by atoms with E-state index in [4.69, 9.17) is 27.9 Å². The van der Waals surface area contributed by atoms with Crippen molar-refractivity contribution in [3.63, 3.8) is 0 Å². The van der Waals surface area contributed by atoms with Crippen molar-refractivity contribution in [1.82, 2.24) is 0 Å². The molecular formula is C13H6Cl2F2O2. The molecule has 2 aromatic rings. The zero-order chi connectivity index (χ0) is 14.0. The number of rotatable bonds is 3. The first-order valence-electron chi connectivity index (χ1n) is 5.08. The second-order valence-electron chi connectivity index (χ2n) is 3.61. The van der Waals surface area contributed by atoms with Gasteiger partial charge in [-0.3, -0.25) is 4.79 Å². The van der Waals surface area contributed by atoms with Gasteiger partial charge in [-0.05, 0) is 24.3 Å². The van der Waals surface area contributed by atoms with Gasteiger partial charge in [0.15, 0.2) is 17.4 Å². The SMILES string of the molecule is O=Cc1cc(F)c(Oc2cc(Cl)ccc2Cl)c(F)c1. The predicted molar refractivity (Wildman–Crippen MR) is 68.3 cm³/mol. The molecule has 2 nitrogen and oxygen atoms in total. The van der Waals surface area contributed by atoms with Gasteiger partial charge in [0.05, 0.1) is 5.02 Å². The zero-order valence-corrected chi connectivity index (χ0v) is 10.8. The summed E-state index contributed by atoms with van der Waals surface area (Å²) in [7, 11) is 0. The van der Waals surface area contributed by atoms with Crippen LogP contribution in [-0.2, 0) is 0 Å². The fraction of sp³-hybridized carbons (Fsp3) is 0. The minimum absolute atomic E-state index is 0.0193. The van der Waals surface area contributed by atoms with Crippen LogP contribution in [0.25, 0.3) is 0 Å². The Morgan fingerprint density at radius 3 is 2.26 bits per heavy atom. The van der Waals surface area contributed by atoms with E-state index in [9.17, 15) is 13.6 Å². The number of carbonyl (C=O) groups excluding carboxylic acids is 1. The fourth-order valence-corrected chi connectivity index (χ4v) is 1.73. The van der Waals surface area contributed by atoms with Crippen LogP contribution in [-0.4, -0.2) is 6.29 Å². The molecule has 19 heavy (non-hydrogen) atoms. The molecule has 0 heterocycles. The van der Waals surface area contributed by atoms with Crippen LogP contribution in [0.5, 0.6) is 11.5 Å². The van der Waals surface area contributed by atoms with Crippen molar-refractivity contribution in [3.05, 3.63) is 57.6 Å². The van der Waals surface area contributed by atoms with Crippen molar-refractivity contribution >= 4 is 29.5 Å². The molecule has 0 bridgehead atoms. The van der Waals surface area contributed by atoms with Crippen LogP contribution in [0.3, 0.4) is 0 Å². The third kappa shape index (κ3) is 3.03. The summed E-state index contributed by atoms with van der Waals surface area (Å²) in [6.07, 6.45) is 0.336. The maximum absolute atomic E-state index is 13.6. The summed E-state index contributed by atoms with van der Waals surface area (Å²) in [5, 5.41) is 0.465. The molecule has 2 rings (SSSR count). The summed E-state index contributed by atoms with van der Waals surface area (Å²) in [4.78, 5) is 10.5. The Kier molecular flexibility index (Phi) is 4.02. The highest BCUT2D eigenvalue weighted by atomic mass is 35.5. The van der Waals surface area contributed by atoms with Crippen LogP contribution in [0.15, 0.2) is 30.3 Å². The monoisotopic (exact) mass is 302 g/mol. The highest BCUT2D eigenvalue weighted by Crippen LogP contribution is 2.34. The number of aldehydes is 1. The molecule has 0 amide bonds. The quantitative estimate of drug-likeness (QED) is 0.756. The largest absolute Gasteiger partial charge is 0.450 e. The molecular weight excluding hydrogens is 297 g/mol. The molecule has 0 saturated carbocycles. The highest BCUT2D eigenvalue weighted by Gasteiger charge is 2.15. The number of hydrogen-bond acceptors (Lipinski definition) is 2. The number of hydrogen-bond donors (Lipinski definition) is 0. The Morgan fingerprint density at radius 1 is 1.05 bits per heavy atom. The minimum Gasteiger partial charge on any atom is -0.450 e. The fourth-order valence-electron chi connectivity index (χ4n) is 1.41. The van der Waals surface area contributed by atoms with Gasteiger partial charge in [0, 0.05) is 16.7 Å². The lowest BCUT2D eigenvalue weighted by atomic mass is 10.2. The van der Waals surface area contributed by atoms with Gasteiger partial charge in [-0.1, -0.05) is 23.2 Å². The van der Waals surface area contributed by atoms with E-state index in [1.165, 1.54) is 18.2 Å². The maximum Gasteiger partial charge on any atom is 0.198 e. The molecule has 0 atom stereocenters. The first-order valence-corrected chi connectivity index (χ1v) is 5.84. The Balaban J connectivity index is 2.43. The molecule has 2 aromatic carbocycles. The van der Waals surface area contributed by atoms with Crippen LogP contribution in [0.4, 0.5) is 8.78 Å². The molecule has 0 radical (unpaired) electrons. The van der Waals surface area contributed by atoms with Crippen molar-refractivity contribution in [3.8, 4) is 11.5 Å². The van der Waals surface area contributed by atoms with Crippen molar-refractivity contribution in [1.29, 1.82) is 0 Å². The van der Waals surface area contributed by atoms with Crippen molar-refractivity contribution < 1.29 is 18.3 Å². The van der Waals surface area contributed by atoms with E-state index >= 15 is 0 Å². The van der Waals surface area contributed by atoms with E-state index in [1.807, 2.05) is 0 Å². The second-order valence-corrected chi connectivity index (χ2v) is 4.45. The normalized spacial score (nSPS) is 10.3. The van der Waals surface area contributed by atoms with E-state index in [-0.39, 0.29) is 16.3 Å². The van der Waals surface area contributed by atoms with E-state index in [2.05, 4.69) is 0 Å². The Morgan fingerprint density at radius 2 is 1.68 bits per heavy atom. The lowest BCUT2D eigenvalue weighted by Crippen LogP contribution is -1.95. The average Bonchev–Trinajstić information content (AvgIpc) is 2.37. The lowest BCUT2D eigenvalue weighted by Gasteiger charge is -2.10. The van der Waals surface area contributed by atoms with Gasteiger partial charge < -0.3 is 4.74 Å². The van der Waals surface area contributed by atoms with Crippen LogP contribution >= 0.6 is 23.2 Å². The second kappa shape index (κ2) is 5.55. The van der Waals surface area contributed by atoms with E-state index in [0.29, 0.717) is 11.3 Å². The van der Waals surface area contributed by atoms with Crippen LogP contribution in [0, 0.1) is 11.6 Å². The molecule has 6 heteroatoms. The first kappa shape index (κ1) is 13.8. The van der Waals surface area contributed by atoms with Gasteiger partial charge in [0.1, 0.15) is 12.0 Å². The summed E-state index contributed by atoms with van der Waals surface area (Å²) >= 11 is 11.6. The average molecular weight is 303 g/mol. The molecule has 0 fully saturated rings. The molecule has 0 spiro atoms. The molecule has 0 aliphatic carbocycles. The van der Waals surface area contributed by atoms with Gasteiger partial charge in [-0.2, -0.15) is 0 Å². The summed E-state index contributed by atoms with van der Waals surface area (Å²) in [6, 6.07) is 6.01. The number of halogens is 4.